The lowest BCUT2D eigenvalue weighted by Gasteiger charge is -2.21. The fourth-order valence-electron chi connectivity index (χ4n) is 1.60. The fourth-order valence-corrected chi connectivity index (χ4v) is 2.84. The summed E-state index contributed by atoms with van der Waals surface area (Å²) in [4.78, 5) is 13.5. The van der Waals surface area contributed by atoms with E-state index in [1.807, 2.05) is 19.9 Å². The molecule has 1 saturated heterocycles. The zero-order valence-corrected chi connectivity index (χ0v) is 9.52. The Morgan fingerprint density at radius 2 is 2.14 bits per heavy atom. The predicted octanol–water partition coefficient (Wildman–Crippen LogP) is 2.12. The molecule has 1 rings (SSSR count). The van der Waals surface area contributed by atoms with Gasteiger partial charge in [0, 0.05) is 13.1 Å². The summed E-state index contributed by atoms with van der Waals surface area (Å²) in [6.07, 6.45) is 3.05. The molecular formula is C10H14N2OS. The molecule has 0 aromatic heterocycles. The van der Waals surface area contributed by atoms with Crippen molar-refractivity contribution in [2.75, 3.05) is 7.05 Å². The van der Waals surface area contributed by atoms with E-state index in [0.29, 0.717) is 0 Å². The summed E-state index contributed by atoms with van der Waals surface area (Å²) in [7, 11) is 1.73. The number of allylic oxidation sites excluding steroid dienone is 1. The maximum absolute atomic E-state index is 11.9. The second-order valence-electron chi connectivity index (χ2n) is 3.28. The lowest BCUT2D eigenvalue weighted by molar-refractivity contribution is -0.129. The zero-order chi connectivity index (χ0) is 10.8. The topological polar surface area (TPSA) is 44.1 Å². The molecule has 1 aliphatic rings. The number of amides is 1. The molecule has 0 saturated carbocycles. The molecular weight excluding hydrogens is 196 g/mol. The van der Waals surface area contributed by atoms with Gasteiger partial charge in [-0.05, 0) is 12.8 Å². The summed E-state index contributed by atoms with van der Waals surface area (Å²) in [5.74, 6) is 0.119. The van der Waals surface area contributed by atoms with Gasteiger partial charge in [-0.1, -0.05) is 25.6 Å². The summed E-state index contributed by atoms with van der Waals surface area (Å²) >= 11 is 1.51. The Labute approximate surface area is 88.8 Å². The van der Waals surface area contributed by atoms with Crippen LogP contribution in [-0.4, -0.2) is 22.6 Å². The number of thioether (sulfide) groups is 1. The van der Waals surface area contributed by atoms with E-state index < -0.39 is 0 Å². The maximum atomic E-state index is 11.9. The lowest BCUT2D eigenvalue weighted by atomic mass is 10.0. The summed E-state index contributed by atoms with van der Waals surface area (Å²) in [6, 6.07) is 1.97. The van der Waals surface area contributed by atoms with Crippen LogP contribution >= 0.6 is 11.8 Å². The minimum Gasteiger partial charge on any atom is -0.308 e. The first-order chi connectivity index (χ1) is 6.61. The number of nitrogens with zero attached hydrogens (tertiary/aromatic N) is 2. The van der Waals surface area contributed by atoms with Crippen LogP contribution in [0.25, 0.3) is 0 Å². The predicted molar refractivity (Wildman–Crippen MR) is 57.4 cm³/mol. The Bertz CT molecular complexity index is 313. The molecule has 1 fully saturated rings. The summed E-state index contributed by atoms with van der Waals surface area (Å²) < 4.78 is -0.336. The standard InChI is InChI=1S/C10H14N2OS/c1-4-10(5-2)9(13)12(3)8(14-10)6-7-11/h6H,4-5H2,1-3H3/b8-6+. The van der Waals surface area contributed by atoms with Gasteiger partial charge in [-0.2, -0.15) is 5.26 Å². The highest BCUT2D eigenvalue weighted by Gasteiger charge is 2.46. The van der Waals surface area contributed by atoms with E-state index in [-0.39, 0.29) is 10.7 Å². The average Bonchev–Trinajstić information content (AvgIpc) is 2.44. The SMILES string of the molecule is CCC1(CC)S/C(=C/C#N)N(C)C1=O. The normalized spacial score (nSPS) is 22.9. The van der Waals surface area contributed by atoms with E-state index in [1.165, 1.54) is 17.8 Å². The Balaban J connectivity index is 3.04. The second-order valence-corrected chi connectivity index (χ2v) is 4.68. The second kappa shape index (κ2) is 4.05. The summed E-state index contributed by atoms with van der Waals surface area (Å²) in [6.45, 7) is 4.02. The van der Waals surface area contributed by atoms with Gasteiger partial charge in [0.05, 0.1) is 11.1 Å². The molecule has 3 nitrogen and oxygen atoms in total. The molecule has 0 spiro atoms. The van der Waals surface area contributed by atoms with Gasteiger partial charge in [0.1, 0.15) is 4.75 Å². The Kier molecular flexibility index (Phi) is 3.22. The van der Waals surface area contributed by atoms with Gasteiger partial charge in [0.25, 0.3) is 0 Å². The van der Waals surface area contributed by atoms with Gasteiger partial charge < -0.3 is 4.90 Å². The summed E-state index contributed by atoms with van der Waals surface area (Å²) in [5, 5.41) is 9.33. The van der Waals surface area contributed by atoms with E-state index in [2.05, 4.69) is 0 Å². The number of hydrogen-bond donors (Lipinski definition) is 0. The van der Waals surface area contributed by atoms with Gasteiger partial charge in [0.2, 0.25) is 5.91 Å². The Hall–Kier alpha value is -0.950. The van der Waals surface area contributed by atoms with Crippen molar-refractivity contribution in [2.24, 2.45) is 0 Å². The van der Waals surface area contributed by atoms with Crippen LogP contribution in [0.3, 0.4) is 0 Å². The minimum atomic E-state index is -0.336. The molecule has 0 aromatic rings. The molecule has 4 heteroatoms. The van der Waals surface area contributed by atoms with Crippen molar-refractivity contribution < 1.29 is 4.79 Å². The van der Waals surface area contributed by atoms with E-state index in [1.54, 1.807) is 11.9 Å². The van der Waals surface area contributed by atoms with Crippen LogP contribution in [-0.2, 0) is 4.79 Å². The monoisotopic (exact) mass is 210 g/mol. The van der Waals surface area contributed by atoms with Gasteiger partial charge in [-0.3, -0.25) is 4.79 Å². The minimum absolute atomic E-state index is 0.119. The van der Waals surface area contributed by atoms with Crippen LogP contribution in [0.5, 0.6) is 0 Å². The van der Waals surface area contributed by atoms with Crippen molar-refractivity contribution in [3.8, 4) is 6.07 Å². The van der Waals surface area contributed by atoms with Gasteiger partial charge >= 0.3 is 0 Å². The first-order valence-corrected chi connectivity index (χ1v) is 5.50. The molecule has 0 N–H and O–H groups in total. The first-order valence-electron chi connectivity index (χ1n) is 4.68. The molecule has 0 radical (unpaired) electrons. The van der Waals surface area contributed by atoms with E-state index in [9.17, 15) is 4.79 Å². The molecule has 76 valence electrons. The number of carbonyl (C=O) groups excluding carboxylic acids is 1. The smallest absolute Gasteiger partial charge is 0.243 e. The highest BCUT2D eigenvalue weighted by Crippen LogP contribution is 2.46. The molecule has 0 atom stereocenters. The first kappa shape index (κ1) is 11.1. The van der Waals surface area contributed by atoms with E-state index in [4.69, 9.17) is 5.26 Å². The van der Waals surface area contributed by atoms with Crippen LogP contribution in [0.4, 0.5) is 0 Å². The van der Waals surface area contributed by atoms with Crippen LogP contribution in [0.15, 0.2) is 11.1 Å². The number of carbonyl (C=O) groups is 1. The lowest BCUT2D eigenvalue weighted by Crippen LogP contribution is -2.35. The molecule has 1 heterocycles. The number of hydrogen-bond acceptors (Lipinski definition) is 3. The van der Waals surface area contributed by atoms with Crippen molar-refractivity contribution in [3.63, 3.8) is 0 Å². The van der Waals surface area contributed by atoms with Crippen molar-refractivity contribution in [2.45, 2.75) is 31.4 Å². The fraction of sp³-hybridized carbons (Fsp3) is 0.600. The Morgan fingerprint density at radius 1 is 1.57 bits per heavy atom. The van der Waals surface area contributed by atoms with Crippen molar-refractivity contribution in [3.05, 3.63) is 11.1 Å². The van der Waals surface area contributed by atoms with Crippen LogP contribution in [0, 0.1) is 11.3 Å². The largest absolute Gasteiger partial charge is 0.308 e. The molecule has 14 heavy (non-hydrogen) atoms. The third-order valence-electron chi connectivity index (χ3n) is 2.66. The number of rotatable bonds is 2. The highest BCUT2D eigenvalue weighted by molar-refractivity contribution is 8.05. The van der Waals surface area contributed by atoms with Crippen LogP contribution < -0.4 is 0 Å². The van der Waals surface area contributed by atoms with Crippen molar-refractivity contribution in [1.29, 1.82) is 5.26 Å². The van der Waals surface area contributed by atoms with Gasteiger partial charge in [-0.15, -0.1) is 0 Å². The molecule has 0 unspecified atom stereocenters. The zero-order valence-electron chi connectivity index (χ0n) is 8.70. The van der Waals surface area contributed by atoms with Crippen molar-refractivity contribution in [1.82, 2.24) is 4.90 Å². The van der Waals surface area contributed by atoms with E-state index in [0.717, 1.165) is 17.9 Å². The van der Waals surface area contributed by atoms with Gasteiger partial charge in [0.15, 0.2) is 0 Å². The molecule has 1 amide bonds. The molecule has 1 aliphatic heterocycles. The molecule has 0 bridgehead atoms. The molecule has 0 aromatic carbocycles. The summed E-state index contributed by atoms with van der Waals surface area (Å²) in [5.41, 5.74) is 0. The third kappa shape index (κ3) is 1.53. The average molecular weight is 210 g/mol. The number of nitriles is 1. The van der Waals surface area contributed by atoms with Crippen LogP contribution in [0.2, 0.25) is 0 Å². The third-order valence-corrected chi connectivity index (χ3v) is 4.40. The maximum Gasteiger partial charge on any atom is 0.243 e. The van der Waals surface area contributed by atoms with Crippen LogP contribution in [0.1, 0.15) is 26.7 Å². The quantitative estimate of drug-likeness (QED) is 0.656. The molecule has 0 aliphatic carbocycles. The van der Waals surface area contributed by atoms with E-state index >= 15 is 0 Å². The van der Waals surface area contributed by atoms with Crippen molar-refractivity contribution >= 4 is 17.7 Å². The highest BCUT2D eigenvalue weighted by atomic mass is 32.2. The Morgan fingerprint density at radius 3 is 2.50 bits per heavy atom. The van der Waals surface area contributed by atoms with Gasteiger partial charge in [-0.25, -0.2) is 0 Å².